The van der Waals surface area contributed by atoms with Crippen molar-refractivity contribution >= 4 is 23.8 Å². The molecule has 0 aromatic heterocycles. The smallest absolute Gasteiger partial charge is 0.330 e. The summed E-state index contributed by atoms with van der Waals surface area (Å²) in [6.07, 6.45) is 0.631. The summed E-state index contributed by atoms with van der Waals surface area (Å²) in [6.45, 7) is 0.315. The van der Waals surface area contributed by atoms with Crippen LogP contribution < -0.4 is 28.7 Å². The topological polar surface area (TPSA) is 203 Å². The SMILES string of the molecule is NC(=O)CC[C@H](N)C(=O)OC(=O)[C@H](N)CCCN=C(N)N. The Hall–Kier alpha value is -2.20. The fraction of sp³-hybridized carbons (Fsp3) is 0.636. The first-order valence-corrected chi connectivity index (χ1v) is 6.34. The average Bonchev–Trinajstić information content (AvgIpc) is 2.39. The van der Waals surface area contributed by atoms with E-state index >= 15 is 0 Å². The third-order valence-electron chi connectivity index (χ3n) is 2.48. The minimum Gasteiger partial charge on any atom is -0.391 e. The maximum absolute atomic E-state index is 11.5. The van der Waals surface area contributed by atoms with Gasteiger partial charge in [0.15, 0.2) is 5.96 Å². The van der Waals surface area contributed by atoms with Crippen LogP contribution in [0, 0.1) is 0 Å². The lowest BCUT2D eigenvalue weighted by atomic mass is 10.1. The zero-order chi connectivity index (χ0) is 16.4. The highest BCUT2D eigenvalue weighted by Crippen LogP contribution is 2.01. The van der Waals surface area contributed by atoms with Crippen LogP contribution in [0.2, 0.25) is 0 Å². The monoisotopic (exact) mass is 302 g/mol. The van der Waals surface area contributed by atoms with Gasteiger partial charge in [-0.15, -0.1) is 0 Å². The Kier molecular flexibility index (Phi) is 8.65. The molecule has 0 aliphatic carbocycles. The Morgan fingerprint density at radius 3 is 1.95 bits per heavy atom. The molecule has 0 spiro atoms. The molecule has 0 aliphatic rings. The highest BCUT2D eigenvalue weighted by atomic mass is 16.6. The normalized spacial score (nSPS) is 13.0. The first kappa shape index (κ1) is 18.8. The number of nitrogens with zero attached hydrogens (tertiary/aromatic N) is 1. The summed E-state index contributed by atoms with van der Waals surface area (Å²) in [5.41, 5.74) is 26.2. The number of esters is 2. The average molecular weight is 302 g/mol. The van der Waals surface area contributed by atoms with Crippen LogP contribution in [0.15, 0.2) is 4.99 Å². The Balaban J connectivity index is 4.07. The number of carbonyl (C=O) groups is 3. The molecule has 0 aromatic rings. The lowest BCUT2D eigenvalue weighted by molar-refractivity contribution is -0.161. The number of ether oxygens (including phenoxy) is 1. The number of nitrogens with two attached hydrogens (primary N) is 5. The number of carbonyl (C=O) groups excluding carboxylic acids is 3. The van der Waals surface area contributed by atoms with E-state index in [0.717, 1.165) is 0 Å². The van der Waals surface area contributed by atoms with Gasteiger partial charge in [-0.1, -0.05) is 0 Å². The van der Waals surface area contributed by atoms with Crippen molar-refractivity contribution in [1.29, 1.82) is 0 Å². The van der Waals surface area contributed by atoms with Crippen molar-refractivity contribution in [3.8, 4) is 0 Å². The predicted octanol–water partition coefficient (Wildman–Crippen LogP) is -2.97. The van der Waals surface area contributed by atoms with Crippen LogP contribution in [0.1, 0.15) is 25.7 Å². The summed E-state index contributed by atoms with van der Waals surface area (Å²) in [6, 6.07) is -2.08. The molecule has 0 heterocycles. The van der Waals surface area contributed by atoms with E-state index in [1.165, 1.54) is 0 Å². The molecule has 1 amide bonds. The van der Waals surface area contributed by atoms with E-state index < -0.39 is 29.9 Å². The van der Waals surface area contributed by atoms with E-state index in [-0.39, 0.29) is 25.2 Å². The van der Waals surface area contributed by atoms with Crippen molar-refractivity contribution in [3.05, 3.63) is 0 Å². The summed E-state index contributed by atoms with van der Waals surface area (Å²) in [5, 5.41) is 0. The third kappa shape index (κ3) is 9.35. The minimum atomic E-state index is -1.10. The van der Waals surface area contributed by atoms with Gasteiger partial charge in [0, 0.05) is 13.0 Å². The summed E-state index contributed by atoms with van der Waals surface area (Å²) in [7, 11) is 0. The van der Waals surface area contributed by atoms with Gasteiger partial charge in [0.05, 0.1) is 0 Å². The largest absolute Gasteiger partial charge is 0.391 e. The predicted molar refractivity (Wildman–Crippen MR) is 75.4 cm³/mol. The van der Waals surface area contributed by atoms with Crippen LogP contribution in [-0.2, 0) is 19.1 Å². The molecule has 0 unspecified atom stereocenters. The van der Waals surface area contributed by atoms with Gasteiger partial charge in [-0.25, -0.2) is 9.59 Å². The molecule has 21 heavy (non-hydrogen) atoms. The maximum Gasteiger partial charge on any atom is 0.330 e. The van der Waals surface area contributed by atoms with Gasteiger partial charge in [-0.05, 0) is 19.3 Å². The Morgan fingerprint density at radius 2 is 1.48 bits per heavy atom. The highest BCUT2D eigenvalue weighted by Gasteiger charge is 2.23. The van der Waals surface area contributed by atoms with Crippen LogP contribution in [0.25, 0.3) is 0 Å². The quantitative estimate of drug-likeness (QED) is 0.0975. The molecule has 2 atom stereocenters. The number of primary amides is 1. The molecule has 0 fully saturated rings. The lowest BCUT2D eigenvalue weighted by Crippen LogP contribution is -2.40. The molecule has 10 N–H and O–H groups in total. The zero-order valence-electron chi connectivity index (χ0n) is 11.7. The molecule has 0 saturated carbocycles. The van der Waals surface area contributed by atoms with Crippen LogP contribution in [0.5, 0.6) is 0 Å². The standard InChI is InChI=1S/C11H22N6O4/c12-6(2-1-5-17-11(15)16)9(19)21-10(20)7(13)3-4-8(14)18/h6-7H,1-5,12-13H2,(H2,14,18)(H4,15,16,17)/t6-,7+/m1/s1. The van der Waals surface area contributed by atoms with Crippen molar-refractivity contribution in [3.63, 3.8) is 0 Å². The molecule has 120 valence electrons. The third-order valence-corrected chi connectivity index (χ3v) is 2.48. The number of hydrogen-bond acceptors (Lipinski definition) is 7. The number of rotatable bonds is 9. The number of hydrogen-bond donors (Lipinski definition) is 5. The van der Waals surface area contributed by atoms with E-state index in [1.807, 2.05) is 0 Å². The second kappa shape index (κ2) is 9.66. The minimum absolute atomic E-state index is 0.00117. The summed E-state index contributed by atoms with van der Waals surface area (Å²) in [4.78, 5) is 37.3. The number of aliphatic imine (C=N–C) groups is 1. The van der Waals surface area contributed by atoms with E-state index in [0.29, 0.717) is 13.0 Å². The molecule has 0 aliphatic heterocycles. The molecule has 10 nitrogen and oxygen atoms in total. The Bertz CT molecular complexity index is 408. The highest BCUT2D eigenvalue weighted by molar-refractivity contribution is 5.90. The number of guanidine groups is 1. The van der Waals surface area contributed by atoms with Crippen molar-refractivity contribution < 1.29 is 19.1 Å². The number of amides is 1. The van der Waals surface area contributed by atoms with Gasteiger partial charge in [-0.2, -0.15) is 0 Å². The van der Waals surface area contributed by atoms with E-state index in [2.05, 4.69) is 9.73 Å². The molecular formula is C11H22N6O4. The molecular weight excluding hydrogens is 280 g/mol. The first-order chi connectivity index (χ1) is 9.73. The van der Waals surface area contributed by atoms with Gasteiger partial charge in [0.25, 0.3) is 0 Å². The van der Waals surface area contributed by atoms with E-state index in [4.69, 9.17) is 28.7 Å². The lowest BCUT2D eigenvalue weighted by Gasteiger charge is -2.12. The van der Waals surface area contributed by atoms with E-state index in [1.54, 1.807) is 0 Å². The summed E-state index contributed by atoms with van der Waals surface area (Å²) >= 11 is 0. The van der Waals surface area contributed by atoms with Crippen LogP contribution in [-0.4, -0.2) is 42.4 Å². The molecule has 0 radical (unpaired) electrons. The maximum atomic E-state index is 11.5. The molecule has 0 rings (SSSR count). The van der Waals surface area contributed by atoms with Crippen molar-refractivity contribution in [1.82, 2.24) is 0 Å². The second-order valence-corrected chi connectivity index (χ2v) is 4.41. The zero-order valence-corrected chi connectivity index (χ0v) is 11.7. The van der Waals surface area contributed by atoms with Gasteiger partial charge < -0.3 is 33.4 Å². The van der Waals surface area contributed by atoms with Gasteiger partial charge in [-0.3, -0.25) is 9.79 Å². The fourth-order valence-corrected chi connectivity index (χ4v) is 1.30. The summed E-state index contributed by atoms with van der Waals surface area (Å²) in [5.74, 6) is -2.48. The molecule has 0 aromatic carbocycles. The van der Waals surface area contributed by atoms with Gasteiger partial charge in [0.1, 0.15) is 12.1 Å². The molecule has 10 heteroatoms. The fourth-order valence-electron chi connectivity index (χ4n) is 1.30. The Morgan fingerprint density at radius 1 is 0.952 bits per heavy atom. The Labute approximate surface area is 122 Å². The first-order valence-electron chi connectivity index (χ1n) is 6.34. The molecule has 0 saturated heterocycles. The van der Waals surface area contributed by atoms with Crippen LogP contribution in [0.3, 0.4) is 0 Å². The van der Waals surface area contributed by atoms with Crippen molar-refractivity contribution in [2.24, 2.45) is 33.7 Å². The van der Waals surface area contributed by atoms with Crippen molar-refractivity contribution in [2.75, 3.05) is 6.54 Å². The van der Waals surface area contributed by atoms with E-state index in [9.17, 15) is 14.4 Å². The van der Waals surface area contributed by atoms with Gasteiger partial charge in [0.2, 0.25) is 5.91 Å². The molecule has 0 bridgehead atoms. The summed E-state index contributed by atoms with van der Waals surface area (Å²) < 4.78 is 4.52. The van der Waals surface area contributed by atoms with Gasteiger partial charge >= 0.3 is 11.9 Å². The van der Waals surface area contributed by atoms with Crippen molar-refractivity contribution in [2.45, 2.75) is 37.8 Å². The second-order valence-electron chi connectivity index (χ2n) is 4.41. The van der Waals surface area contributed by atoms with Crippen LogP contribution in [0.4, 0.5) is 0 Å². The van der Waals surface area contributed by atoms with Crippen LogP contribution >= 0.6 is 0 Å².